The Balaban J connectivity index is 2.52. The van der Waals surface area contributed by atoms with Crippen LogP contribution in [0.25, 0.3) is 10.4 Å². The van der Waals surface area contributed by atoms with Gasteiger partial charge in [-0.05, 0) is 17.2 Å². The fourth-order valence-electron chi connectivity index (χ4n) is 1.56. The Labute approximate surface area is 107 Å². The van der Waals surface area contributed by atoms with Crippen LogP contribution in [-0.4, -0.2) is 18.1 Å². The van der Waals surface area contributed by atoms with Crippen LogP contribution >= 0.6 is 11.3 Å². The summed E-state index contributed by atoms with van der Waals surface area (Å²) in [4.78, 5) is 16.1. The number of nitrogens with zero attached hydrogens (tertiary/aromatic N) is 1. The minimum absolute atomic E-state index is 0.163. The quantitative estimate of drug-likeness (QED) is 0.867. The summed E-state index contributed by atoms with van der Waals surface area (Å²) in [6.07, 6.45) is 0. The molecule has 0 fully saturated rings. The lowest BCUT2D eigenvalue weighted by Gasteiger charge is -2.02. The third-order valence-electron chi connectivity index (χ3n) is 2.37. The Morgan fingerprint density at radius 1 is 1.56 bits per heavy atom. The van der Waals surface area contributed by atoms with Crippen molar-refractivity contribution in [2.45, 2.75) is 6.67 Å². The minimum atomic E-state index is -0.560. The molecule has 0 spiro atoms. The number of halogens is 1. The topological polar surface area (TPSA) is 65.2 Å². The summed E-state index contributed by atoms with van der Waals surface area (Å²) < 4.78 is 17.3. The van der Waals surface area contributed by atoms with Crippen molar-refractivity contribution in [3.63, 3.8) is 0 Å². The molecule has 2 rings (SSSR count). The molecule has 0 unspecified atom stereocenters. The zero-order valence-corrected chi connectivity index (χ0v) is 10.5. The van der Waals surface area contributed by atoms with E-state index < -0.39 is 12.6 Å². The van der Waals surface area contributed by atoms with Gasteiger partial charge >= 0.3 is 5.97 Å². The van der Waals surface area contributed by atoms with Crippen molar-refractivity contribution in [3.05, 3.63) is 35.5 Å². The number of hydrogen-bond acceptors (Lipinski definition) is 5. The molecule has 0 aliphatic carbocycles. The number of carbonyl (C=O) groups is 1. The van der Waals surface area contributed by atoms with E-state index >= 15 is 0 Å². The Hall–Kier alpha value is -1.95. The van der Waals surface area contributed by atoms with E-state index in [0.29, 0.717) is 16.0 Å². The number of methoxy groups -OCH3 is 1. The summed E-state index contributed by atoms with van der Waals surface area (Å²) in [7, 11) is 1.28. The predicted molar refractivity (Wildman–Crippen MR) is 68.1 cm³/mol. The van der Waals surface area contributed by atoms with Crippen LogP contribution in [0.15, 0.2) is 24.3 Å². The average molecular weight is 266 g/mol. The molecule has 0 radical (unpaired) electrons. The molecular weight excluding hydrogens is 255 g/mol. The summed E-state index contributed by atoms with van der Waals surface area (Å²) in [5.41, 5.74) is 7.01. The molecule has 94 valence electrons. The number of rotatable bonds is 3. The summed E-state index contributed by atoms with van der Waals surface area (Å²) in [5.74, 6) is -0.552. The van der Waals surface area contributed by atoms with Crippen molar-refractivity contribution < 1.29 is 13.9 Å². The predicted octanol–water partition coefficient (Wildman–Crippen LogP) is 2.65. The first-order valence-corrected chi connectivity index (χ1v) is 5.97. The van der Waals surface area contributed by atoms with Gasteiger partial charge in [0.15, 0.2) is 10.8 Å². The Morgan fingerprint density at radius 3 is 3.00 bits per heavy atom. The zero-order chi connectivity index (χ0) is 13.1. The van der Waals surface area contributed by atoms with Crippen LogP contribution in [-0.2, 0) is 11.4 Å². The van der Waals surface area contributed by atoms with Crippen LogP contribution in [0.5, 0.6) is 0 Å². The van der Waals surface area contributed by atoms with E-state index in [-0.39, 0.29) is 10.8 Å². The van der Waals surface area contributed by atoms with E-state index in [1.54, 1.807) is 24.3 Å². The molecule has 1 aromatic heterocycles. The lowest BCUT2D eigenvalue weighted by molar-refractivity contribution is 0.0596. The SMILES string of the molecule is COC(=O)c1nc(N)sc1-c1cccc(CF)c1. The fourth-order valence-corrected chi connectivity index (χ4v) is 2.38. The van der Waals surface area contributed by atoms with Crippen LogP contribution in [0.3, 0.4) is 0 Å². The van der Waals surface area contributed by atoms with Crippen molar-refractivity contribution in [1.29, 1.82) is 0 Å². The molecule has 0 aliphatic rings. The molecule has 1 aromatic carbocycles. The second kappa shape index (κ2) is 5.14. The molecule has 4 nitrogen and oxygen atoms in total. The molecule has 1 heterocycles. The van der Waals surface area contributed by atoms with Gasteiger partial charge in [0.2, 0.25) is 0 Å². The third kappa shape index (κ3) is 2.33. The van der Waals surface area contributed by atoms with Crippen molar-refractivity contribution >= 4 is 22.4 Å². The van der Waals surface area contributed by atoms with E-state index in [2.05, 4.69) is 9.72 Å². The van der Waals surface area contributed by atoms with Gasteiger partial charge in [0, 0.05) is 0 Å². The van der Waals surface area contributed by atoms with Gasteiger partial charge in [-0.3, -0.25) is 0 Å². The van der Waals surface area contributed by atoms with Crippen LogP contribution in [0, 0.1) is 0 Å². The summed E-state index contributed by atoms with van der Waals surface area (Å²) >= 11 is 1.17. The van der Waals surface area contributed by atoms with Crippen LogP contribution < -0.4 is 5.73 Å². The van der Waals surface area contributed by atoms with Crippen molar-refractivity contribution in [2.75, 3.05) is 12.8 Å². The highest BCUT2D eigenvalue weighted by Gasteiger charge is 2.19. The van der Waals surface area contributed by atoms with Crippen molar-refractivity contribution in [2.24, 2.45) is 0 Å². The Morgan fingerprint density at radius 2 is 2.33 bits per heavy atom. The average Bonchev–Trinajstić information content (AvgIpc) is 2.80. The van der Waals surface area contributed by atoms with Gasteiger partial charge in [0.25, 0.3) is 0 Å². The minimum Gasteiger partial charge on any atom is -0.464 e. The van der Waals surface area contributed by atoms with Gasteiger partial charge < -0.3 is 10.5 Å². The molecule has 2 N–H and O–H groups in total. The van der Waals surface area contributed by atoms with Gasteiger partial charge in [0.05, 0.1) is 12.0 Å². The summed E-state index contributed by atoms with van der Waals surface area (Å²) in [5, 5.41) is 0.274. The smallest absolute Gasteiger partial charge is 0.358 e. The molecule has 0 amide bonds. The number of hydrogen-bond donors (Lipinski definition) is 1. The van der Waals surface area contributed by atoms with E-state index in [1.807, 2.05) is 0 Å². The molecule has 2 aromatic rings. The first-order valence-electron chi connectivity index (χ1n) is 5.15. The normalized spacial score (nSPS) is 10.3. The number of alkyl halides is 1. The maximum Gasteiger partial charge on any atom is 0.358 e. The van der Waals surface area contributed by atoms with Gasteiger partial charge in [0.1, 0.15) is 6.67 Å². The molecule has 0 atom stereocenters. The highest BCUT2D eigenvalue weighted by atomic mass is 32.1. The Kier molecular flexibility index (Phi) is 3.57. The molecule has 0 saturated carbocycles. The fraction of sp³-hybridized carbons (Fsp3) is 0.167. The zero-order valence-electron chi connectivity index (χ0n) is 9.64. The van der Waals surface area contributed by atoms with E-state index in [1.165, 1.54) is 18.4 Å². The first-order chi connectivity index (χ1) is 8.65. The largest absolute Gasteiger partial charge is 0.464 e. The number of benzene rings is 1. The summed E-state index contributed by atoms with van der Waals surface area (Å²) in [6.45, 7) is -0.560. The lowest BCUT2D eigenvalue weighted by Crippen LogP contribution is -2.03. The number of aromatic nitrogens is 1. The van der Waals surface area contributed by atoms with Crippen LogP contribution in [0.2, 0.25) is 0 Å². The highest BCUT2D eigenvalue weighted by molar-refractivity contribution is 7.19. The van der Waals surface area contributed by atoms with E-state index in [4.69, 9.17) is 5.73 Å². The molecule has 0 bridgehead atoms. The third-order valence-corrected chi connectivity index (χ3v) is 3.30. The number of nitrogens with two attached hydrogens (primary N) is 1. The van der Waals surface area contributed by atoms with E-state index in [9.17, 15) is 9.18 Å². The monoisotopic (exact) mass is 266 g/mol. The molecule has 6 heteroatoms. The van der Waals surface area contributed by atoms with Gasteiger partial charge in [-0.2, -0.15) is 0 Å². The van der Waals surface area contributed by atoms with Crippen LogP contribution in [0.4, 0.5) is 9.52 Å². The highest BCUT2D eigenvalue weighted by Crippen LogP contribution is 2.32. The van der Waals surface area contributed by atoms with Gasteiger partial charge in [-0.15, -0.1) is 0 Å². The number of nitrogen functional groups attached to an aromatic ring is 1. The Bertz CT molecular complexity index is 583. The maximum absolute atomic E-state index is 12.6. The molecule has 0 aliphatic heterocycles. The van der Waals surface area contributed by atoms with E-state index in [0.717, 1.165) is 0 Å². The molecule has 0 saturated heterocycles. The second-order valence-electron chi connectivity index (χ2n) is 3.56. The standard InChI is InChI=1S/C12H11FN2O2S/c1-17-11(16)9-10(18-12(14)15-9)8-4-2-3-7(5-8)6-13/h2-5H,6H2,1H3,(H2,14,15). The first kappa shape index (κ1) is 12.5. The van der Waals surface area contributed by atoms with Crippen molar-refractivity contribution in [3.8, 4) is 10.4 Å². The number of ether oxygens (including phenoxy) is 1. The maximum atomic E-state index is 12.6. The second-order valence-corrected chi connectivity index (χ2v) is 4.59. The molecular formula is C12H11FN2O2S. The lowest BCUT2D eigenvalue weighted by atomic mass is 10.1. The van der Waals surface area contributed by atoms with Gasteiger partial charge in [-0.25, -0.2) is 14.2 Å². The number of thiazole rings is 1. The van der Waals surface area contributed by atoms with Gasteiger partial charge in [-0.1, -0.05) is 29.5 Å². The van der Waals surface area contributed by atoms with Crippen LogP contribution in [0.1, 0.15) is 16.1 Å². The number of anilines is 1. The number of carbonyl (C=O) groups excluding carboxylic acids is 1. The number of esters is 1. The van der Waals surface area contributed by atoms with Crippen molar-refractivity contribution in [1.82, 2.24) is 4.98 Å². The summed E-state index contributed by atoms with van der Waals surface area (Å²) in [6, 6.07) is 6.84. The molecule has 18 heavy (non-hydrogen) atoms.